The number of hydrogen-bond donors (Lipinski definition) is 2. The Morgan fingerprint density at radius 1 is 0.915 bits per heavy atom. The lowest BCUT2D eigenvalue weighted by molar-refractivity contribution is -0.161. The van der Waals surface area contributed by atoms with Crippen LogP contribution in [0.15, 0.2) is 120 Å². The van der Waals surface area contributed by atoms with Gasteiger partial charge in [0.1, 0.15) is 11.4 Å². The Bertz CT molecular complexity index is 1780. The molecule has 0 saturated heterocycles. The maximum atomic E-state index is 13.8. The first-order valence-corrected chi connectivity index (χ1v) is 16.8. The molecule has 2 heterocycles. The summed E-state index contributed by atoms with van der Waals surface area (Å²) in [6, 6.07) is 27.5. The minimum atomic E-state index is -4.66. The van der Waals surface area contributed by atoms with E-state index in [9.17, 15) is 31.5 Å². The second-order valence-corrected chi connectivity index (χ2v) is 13.3. The van der Waals surface area contributed by atoms with Gasteiger partial charge in [0.2, 0.25) is 0 Å². The van der Waals surface area contributed by atoms with Crippen molar-refractivity contribution >= 4 is 21.7 Å². The number of rotatable bonds is 12. The van der Waals surface area contributed by atoms with Crippen LogP contribution in [0.5, 0.6) is 0 Å². The lowest BCUT2D eigenvalue weighted by Gasteiger charge is -2.39. The summed E-state index contributed by atoms with van der Waals surface area (Å²) in [7, 11) is -4.33. The third-order valence-corrected chi connectivity index (χ3v) is 9.69. The Hall–Kier alpha value is -4.64. The molecule has 5 rings (SSSR count). The van der Waals surface area contributed by atoms with E-state index in [4.69, 9.17) is 4.74 Å². The maximum Gasteiger partial charge on any atom is 0.417 e. The number of benzene rings is 3. The second kappa shape index (κ2) is 14.0. The molecule has 7 nitrogen and oxygen atoms in total. The van der Waals surface area contributed by atoms with Crippen LogP contribution in [-0.2, 0) is 38.6 Å². The largest absolute Gasteiger partial charge is 0.512 e. The van der Waals surface area contributed by atoms with Crippen LogP contribution < -0.4 is 4.72 Å². The Morgan fingerprint density at radius 2 is 1.53 bits per heavy atom. The number of cyclic esters (lactones) is 1. The van der Waals surface area contributed by atoms with Gasteiger partial charge in [-0.3, -0.25) is 4.72 Å². The van der Waals surface area contributed by atoms with Crippen molar-refractivity contribution in [1.29, 1.82) is 0 Å². The Labute approximate surface area is 272 Å². The number of carbonyl (C=O) groups is 1. The molecule has 3 aromatic carbocycles. The van der Waals surface area contributed by atoms with Crippen molar-refractivity contribution < 1.29 is 36.2 Å². The number of nitrogens with one attached hydrogen (secondary N) is 1. The molecule has 246 valence electrons. The first kappa shape index (κ1) is 33.7. The number of ether oxygens (including phenoxy) is 1. The molecular weight excluding hydrogens is 629 g/mol. The zero-order valence-corrected chi connectivity index (χ0v) is 26.5. The fourth-order valence-corrected chi connectivity index (χ4v) is 6.91. The number of hydrogen-bond acceptors (Lipinski definition) is 6. The van der Waals surface area contributed by atoms with Crippen molar-refractivity contribution in [3.63, 3.8) is 0 Å². The number of esters is 1. The van der Waals surface area contributed by atoms with Gasteiger partial charge in [0, 0.05) is 24.2 Å². The van der Waals surface area contributed by atoms with E-state index in [0.717, 1.165) is 17.2 Å². The molecule has 0 aliphatic carbocycles. The lowest BCUT2D eigenvalue weighted by atomic mass is 9.79. The van der Waals surface area contributed by atoms with E-state index in [0.29, 0.717) is 49.9 Å². The zero-order chi connectivity index (χ0) is 33.7. The van der Waals surface area contributed by atoms with Crippen LogP contribution in [-0.4, -0.2) is 30.1 Å². The molecule has 0 bridgehead atoms. The van der Waals surface area contributed by atoms with Gasteiger partial charge in [0.15, 0.2) is 5.03 Å². The van der Waals surface area contributed by atoms with Crippen LogP contribution in [0, 0.1) is 0 Å². The molecule has 1 aliphatic heterocycles. The number of aliphatic hydroxyl groups excluding tert-OH is 1. The average Bonchev–Trinajstić information content (AvgIpc) is 3.05. The molecule has 0 fully saturated rings. The van der Waals surface area contributed by atoms with Gasteiger partial charge < -0.3 is 9.84 Å². The summed E-state index contributed by atoms with van der Waals surface area (Å²) in [5, 5.41) is 10.9. The van der Waals surface area contributed by atoms with E-state index < -0.39 is 44.3 Å². The highest BCUT2D eigenvalue weighted by atomic mass is 32.2. The number of aromatic nitrogens is 1. The lowest BCUT2D eigenvalue weighted by Crippen LogP contribution is -2.42. The Morgan fingerprint density at radius 3 is 2.04 bits per heavy atom. The Balaban J connectivity index is 1.39. The van der Waals surface area contributed by atoms with E-state index >= 15 is 0 Å². The first-order valence-electron chi connectivity index (χ1n) is 15.3. The van der Waals surface area contributed by atoms with Gasteiger partial charge in [0.05, 0.1) is 11.1 Å². The highest BCUT2D eigenvalue weighted by Gasteiger charge is 2.43. The van der Waals surface area contributed by atoms with Crippen LogP contribution in [0.2, 0.25) is 0 Å². The summed E-state index contributed by atoms with van der Waals surface area (Å²) in [6.07, 6.45) is -1.34. The summed E-state index contributed by atoms with van der Waals surface area (Å²) in [6.45, 7) is 1.84. The molecule has 47 heavy (non-hydrogen) atoms. The highest BCUT2D eigenvalue weighted by Crippen LogP contribution is 2.42. The zero-order valence-electron chi connectivity index (χ0n) is 25.7. The van der Waals surface area contributed by atoms with Gasteiger partial charge in [-0.15, -0.1) is 0 Å². The third kappa shape index (κ3) is 8.21. The molecule has 1 aliphatic rings. The minimum absolute atomic E-state index is 0.0610. The van der Waals surface area contributed by atoms with E-state index in [1.807, 2.05) is 67.6 Å². The van der Waals surface area contributed by atoms with Gasteiger partial charge in [-0.2, -0.15) is 21.6 Å². The number of carbonyl (C=O) groups excluding carboxylic acids is 1. The number of anilines is 1. The molecule has 1 aromatic heterocycles. The summed E-state index contributed by atoms with van der Waals surface area (Å²) in [5.74, 6) is -1.30. The quantitative estimate of drug-likeness (QED) is 0.148. The molecule has 1 unspecified atom stereocenters. The van der Waals surface area contributed by atoms with E-state index in [1.165, 1.54) is 12.1 Å². The van der Waals surface area contributed by atoms with Crippen molar-refractivity contribution in [2.45, 2.75) is 68.2 Å². The normalized spacial score (nSPS) is 15.6. The summed E-state index contributed by atoms with van der Waals surface area (Å²) in [4.78, 5) is 17.3. The van der Waals surface area contributed by atoms with Gasteiger partial charge in [-0.25, -0.2) is 9.78 Å². The number of alkyl halides is 3. The maximum absolute atomic E-state index is 13.8. The first-order chi connectivity index (χ1) is 22.4. The number of halogens is 3. The second-order valence-electron chi connectivity index (χ2n) is 11.7. The molecule has 0 spiro atoms. The molecule has 0 amide bonds. The molecule has 11 heteroatoms. The van der Waals surface area contributed by atoms with Crippen molar-refractivity contribution in [3.05, 3.63) is 137 Å². The van der Waals surface area contributed by atoms with Crippen molar-refractivity contribution in [2.75, 3.05) is 4.72 Å². The molecule has 2 N–H and O–H groups in total. The summed E-state index contributed by atoms with van der Waals surface area (Å²) >= 11 is 0. The topological polar surface area (TPSA) is 106 Å². The highest BCUT2D eigenvalue weighted by molar-refractivity contribution is 7.92. The van der Waals surface area contributed by atoms with Gasteiger partial charge in [-0.05, 0) is 73.1 Å². The van der Waals surface area contributed by atoms with Crippen molar-refractivity contribution in [2.24, 2.45) is 0 Å². The summed E-state index contributed by atoms with van der Waals surface area (Å²) < 4.78 is 73.3. The van der Waals surface area contributed by atoms with Crippen molar-refractivity contribution in [1.82, 2.24) is 4.98 Å². The molecule has 4 aromatic rings. The number of aliphatic hydroxyl groups is 1. The monoisotopic (exact) mass is 664 g/mol. The fourth-order valence-electron chi connectivity index (χ4n) is 5.93. The van der Waals surface area contributed by atoms with Crippen molar-refractivity contribution in [3.8, 4) is 0 Å². The molecule has 1 atom stereocenters. The SMILES string of the molecule is CCC(C1=C(O)CC(CCc2ccccc2)(CCc2ccccc2)OC1=O)c1cccc(NS(=O)(=O)c2ccc(C(F)(F)F)cn2)c1. The van der Waals surface area contributed by atoms with Crippen LogP contribution in [0.4, 0.5) is 18.9 Å². The van der Waals surface area contributed by atoms with Crippen LogP contribution in [0.1, 0.15) is 60.8 Å². The van der Waals surface area contributed by atoms with Gasteiger partial charge in [-0.1, -0.05) is 79.7 Å². The third-order valence-electron chi connectivity index (χ3n) is 8.39. The summed E-state index contributed by atoms with van der Waals surface area (Å²) in [5.41, 5.74) is 0.969. The van der Waals surface area contributed by atoms with E-state index in [1.54, 1.807) is 12.1 Å². The van der Waals surface area contributed by atoms with E-state index in [-0.39, 0.29) is 23.4 Å². The number of nitrogens with zero attached hydrogens (tertiary/aromatic N) is 1. The van der Waals surface area contributed by atoms with Crippen LogP contribution in [0.3, 0.4) is 0 Å². The molecular formula is C36H35F3N2O5S. The van der Waals surface area contributed by atoms with E-state index in [2.05, 4.69) is 9.71 Å². The smallest absolute Gasteiger partial charge is 0.417 e. The molecule has 0 radical (unpaired) electrons. The standard InChI is InChI=1S/C36H35F3N2O5S/c1-2-30(27-14-9-15-29(22-27)41-47(44,45)32-17-16-28(24-40-32)36(37,38)39)33-31(42)23-35(46-34(33)43,20-18-25-10-5-3-6-11-25)21-19-26-12-7-4-8-13-26/h3-17,22,24,30,41-42H,2,18-21,23H2,1H3. The number of pyridine rings is 1. The fraction of sp³-hybridized carbons (Fsp3) is 0.278. The number of sulfonamides is 1. The van der Waals surface area contributed by atoms with Gasteiger partial charge >= 0.3 is 12.1 Å². The average molecular weight is 665 g/mol. The molecule has 0 saturated carbocycles. The number of aryl methyl sites for hydroxylation is 2. The minimum Gasteiger partial charge on any atom is -0.512 e. The predicted molar refractivity (Wildman–Crippen MR) is 172 cm³/mol. The predicted octanol–water partition coefficient (Wildman–Crippen LogP) is 8.16. The van der Waals surface area contributed by atoms with Crippen LogP contribution in [0.25, 0.3) is 0 Å². The Kier molecular flexibility index (Phi) is 10.0. The van der Waals surface area contributed by atoms with Gasteiger partial charge in [0.25, 0.3) is 10.0 Å². The van der Waals surface area contributed by atoms with Crippen LogP contribution >= 0.6 is 0 Å².